The van der Waals surface area contributed by atoms with Gasteiger partial charge in [-0.2, -0.15) is 0 Å². The second-order valence-corrected chi connectivity index (χ2v) is 9.21. The third-order valence-corrected chi connectivity index (χ3v) is 6.63. The number of alkyl carbamates (subject to hydrolysis) is 1. The molecule has 3 aromatic carbocycles. The fraction of sp³-hybridized carbons (Fsp3) is 0.207. The van der Waals surface area contributed by atoms with E-state index in [0.29, 0.717) is 23.1 Å². The van der Waals surface area contributed by atoms with Gasteiger partial charge in [0, 0.05) is 17.0 Å². The van der Waals surface area contributed by atoms with Crippen molar-refractivity contribution in [1.82, 2.24) is 5.32 Å². The molecule has 1 N–H and O–H groups in total. The summed E-state index contributed by atoms with van der Waals surface area (Å²) in [7, 11) is 0. The third kappa shape index (κ3) is 5.52. The molecule has 1 aliphatic carbocycles. The van der Waals surface area contributed by atoms with Crippen LogP contribution in [0.2, 0.25) is 5.02 Å². The Labute approximate surface area is 218 Å². The maximum absolute atomic E-state index is 13.3. The van der Waals surface area contributed by atoms with Crippen molar-refractivity contribution in [3.05, 3.63) is 110 Å². The molecule has 0 saturated heterocycles. The number of fused-ring (bicyclic) bond motifs is 3. The minimum Gasteiger partial charge on any atom is -0.445 e. The Hall–Kier alpha value is -4.10. The number of carbonyl (C=O) groups is 2. The summed E-state index contributed by atoms with van der Waals surface area (Å²) in [5, 5.41) is 3.51. The van der Waals surface area contributed by atoms with E-state index in [9.17, 15) is 14.4 Å². The van der Waals surface area contributed by atoms with E-state index >= 15 is 0 Å². The first-order valence-electron chi connectivity index (χ1n) is 12.0. The molecule has 37 heavy (non-hydrogen) atoms. The largest absolute Gasteiger partial charge is 0.445 e. The number of halogens is 1. The summed E-state index contributed by atoms with van der Waals surface area (Å²) < 4.78 is 16.4. The van der Waals surface area contributed by atoms with Crippen molar-refractivity contribution >= 4 is 34.6 Å². The number of nitrogens with one attached hydrogen (secondary N) is 1. The number of aryl methyl sites for hydroxylation is 1. The van der Waals surface area contributed by atoms with Crippen LogP contribution >= 0.6 is 11.6 Å². The summed E-state index contributed by atoms with van der Waals surface area (Å²) in [6, 6.07) is 19.8. The molecule has 0 spiro atoms. The van der Waals surface area contributed by atoms with E-state index in [4.69, 9.17) is 25.5 Å². The first kappa shape index (κ1) is 24.6. The molecule has 0 radical (unpaired) electrons. The summed E-state index contributed by atoms with van der Waals surface area (Å²) in [5.41, 5.74) is 2.84. The van der Waals surface area contributed by atoms with E-state index < -0.39 is 18.1 Å². The van der Waals surface area contributed by atoms with Crippen molar-refractivity contribution < 1.29 is 23.5 Å². The highest BCUT2D eigenvalue weighted by atomic mass is 35.5. The van der Waals surface area contributed by atoms with E-state index in [1.165, 1.54) is 6.07 Å². The maximum atomic E-state index is 13.3. The summed E-state index contributed by atoms with van der Waals surface area (Å²) >= 11 is 6.49. The molecule has 1 aliphatic rings. The monoisotopic (exact) mass is 517 g/mol. The molecule has 1 atom stereocenters. The molecule has 0 saturated carbocycles. The first-order chi connectivity index (χ1) is 18.0. The number of esters is 1. The zero-order valence-corrected chi connectivity index (χ0v) is 20.6. The van der Waals surface area contributed by atoms with Gasteiger partial charge in [0.25, 0.3) is 0 Å². The predicted molar refractivity (Wildman–Crippen MR) is 139 cm³/mol. The molecule has 4 aromatic rings. The molecule has 0 aliphatic heterocycles. The minimum absolute atomic E-state index is 0.0264. The molecule has 0 unspecified atom stereocenters. The Kier molecular flexibility index (Phi) is 7.23. The smallest absolute Gasteiger partial charge is 0.408 e. The third-order valence-electron chi connectivity index (χ3n) is 6.33. The van der Waals surface area contributed by atoms with Crippen LogP contribution in [0.3, 0.4) is 0 Å². The molecule has 0 fully saturated rings. The SMILES string of the molecule is O=C(N[C@@H](C(=O)Oc1cc2oc(=O)c3c(c2cc1Cl)CCCC3)c1ccccc1)OCc1ccccc1. The number of rotatable bonds is 6. The fourth-order valence-corrected chi connectivity index (χ4v) is 4.70. The summed E-state index contributed by atoms with van der Waals surface area (Å²) in [6.07, 6.45) is 2.57. The first-order valence-corrected chi connectivity index (χ1v) is 12.4. The average molecular weight is 518 g/mol. The molecule has 188 valence electrons. The van der Waals surface area contributed by atoms with Crippen LogP contribution in [0, 0.1) is 0 Å². The Morgan fingerprint density at radius 3 is 2.35 bits per heavy atom. The van der Waals surface area contributed by atoms with Crippen LogP contribution in [0.15, 0.2) is 82.0 Å². The zero-order valence-electron chi connectivity index (χ0n) is 19.9. The summed E-state index contributed by atoms with van der Waals surface area (Å²) in [4.78, 5) is 38.3. The highest BCUT2D eigenvalue weighted by Gasteiger charge is 2.27. The molecular weight excluding hydrogens is 494 g/mol. The number of hydrogen-bond acceptors (Lipinski definition) is 6. The Morgan fingerprint density at radius 1 is 0.946 bits per heavy atom. The molecule has 5 rings (SSSR count). The van der Waals surface area contributed by atoms with Gasteiger partial charge >= 0.3 is 17.7 Å². The van der Waals surface area contributed by atoms with Crippen LogP contribution < -0.4 is 15.7 Å². The van der Waals surface area contributed by atoms with Crippen molar-refractivity contribution in [2.45, 2.75) is 38.3 Å². The van der Waals surface area contributed by atoms with Crippen LogP contribution in [-0.2, 0) is 29.0 Å². The average Bonchev–Trinajstić information content (AvgIpc) is 2.93. The molecule has 1 amide bonds. The van der Waals surface area contributed by atoms with Gasteiger partial charge in [0.2, 0.25) is 0 Å². The van der Waals surface area contributed by atoms with Gasteiger partial charge in [-0.05, 0) is 48.4 Å². The minimum atomic E-state index is -1.16. The van der Waals surface area contributed by atoms with Gasteiger partial charge in [-0.1, -0.05) is 72.3 Å². The summed E-state index contributed by atoms with van der Waals surface area (Å²) in [6.45, 7) is 0.0447. The molecular formula is C29H24ClNO6. The Morgan fingerprint density at radius 2 is 1.62 bits per heavy atom. The van der Waals surface area contributed by atoms with Crippen LogP contribution in [-0.4, -0.2) is 12.1 Å². The van der Waals surface area contributed by atoms with Crippen LogP contribution in [0.4, 0.5) is 4.79 Å². The zero-order chi connectivity index (χ0) is 25.8. The van der Waals surface area contributed by atoms with Gasteiger partial charge in [0.15, 0.2) is 11.8 Å². The summed E-state index contributed by atoms with van der Waals surface area (Å²) in [5.74, 6) is -0.747. The number of amides is 1. The van der Waals surface area contributed by atoms with Gasteiger partial charge in [0.1, 0.15) is 12.2 Å². The molecule has 1 aromatic heterocycles. The van der Waals surface area contributed by atoms with E-state index in [0.717, 1.165) is 35.8 Å². The van der Waals surface area contributed by atoms with Crippen molar-refractivity contribution in [1.29, 1.82) is 0 Å². The Bertz CT molecular complexity index is 1500. The van der Waals surface area contributed by atoms with Gasteiger partial charge in [-0.3, -0.25) is 0 Å². The number of carbonyl (C=O) groups excluding carboxylic acids is 2. The lowest BCUT2D eigenvalue weighted by atomic mass is 9.90. The van der Waals surface area contributed by atoms with Gasteiger partial charge in [-0.15, -0.1) is 0 Å². The van der Waals surface area contributed by atoms with Gasteiger partial charge in [0.05, 0.1) is 5.02 Å². The number of hydrogen-bond donors (Lipinski definition) is 1. The normalized spacial score (nSPS) is 13.4. The second-order valence-electron chi connectivity index (χ2n) is 8.80. The molecule has 1 heterocycles. The number of benzene rings is 3. The second kappa shape index (κ2) is 10.9. The van der Waals surface area contributed by atoms with Gasteiger partial charge in [-0.25, -0.2) is 14.4 Å². The van der Waals surface area contributed by atoms with E-state index in [-0.39, 0.29) is 23.0 Å². The van der Waals surface area contributed by atoms with E-state index in [2.05, 4.69) is 5.32 Å². The highest BCUT2D eigenvalue weighted by Crippen LogP contribution is 2.35. The van der Waals surface area contributed by atoms with Gasteiger partial charge < -0.3 is 19.2 Å². The molecule has 8 heteroatoms. The van der Waals surface area contributed by atoms with Crippen molar-refractivity contribution in [2.24, 2.45) is 0 Å². The van der Waals surface area contributed by atoms with E-state index in [1.807, 2.05) is 30.3 Å². The van der Waals surface area contributed by atoms with Crippen LogP contribution in [0.25, 0.3) is 11.0 Å². The standard InChI is InChI=1S/C29H24ClNO6/c30-23-15-22-20-13-7-8-14-21(20)27(32)36-24(22)16-25(23)37-28(33)26(19-11-5-2-6-12-19)31-29(34)35-17-18-9-3-1-4-10-18/h1-6,9-12,15-16,26H,7-8,13-14,17H2,(H,31,34)/t26-/m1/s1. The van der Waals surface area contributed by atoms with Crippen molar-refractivity contribution in [3.63, 3.8) is 0 Å². The lowest BCUT2D eigenvalue weighted by Gasteiger charge is -2.19. The highest BCUT2D eigenvalue weighted by molar-refractivity contribution is 6.33. The maximum Gasteiger partial charge on any atom is 0.408 e. The van der Waals surface area contributed by atoms with Crippen LogP contribution in [0.1, 0.15) is 41.1 Å². The fourth-order valence-electron chi connectivity index (χ4n) is 4.50. The molecule has 0 bridgehead atoms. The quantitative estimate of drug-likeness (QED) is 0.194. The van der Waals surface area contributed by atoms with Crippen molar-refractivity contribution in [3.8, 4) is 5.75 Å². The Balaban J connectivity index is 1.39. The van der Waals surface area contributed by atoms with Crippen molar-refractivity contribution in [2.75, 3.05) is 0 Å². The number of ether oxygens (including phenoxy) is 2. The predicted octanol–water partition coefficient (Wildman–Crippen LogP) is 5.90. The lowest BCUT2D eigenvalue weighted by molar-refractivity contribution is -0.136. The lowest BCUT2D eigenvalue weighted by Crippen LogP contribution is -2.36. The molecule has 7 nitrogen and oxygen atoms in total. The van der Waals surface area contributed by atoms with E-state index in [1.54, 1.807) is 36.4 Å². The topological polar surface area (TPSA) is 94.8 Å². The van der Waals surface area contributed by atoms with Crippen LogP contribution in [0.5, 0.6) is 5.75 Å².